The van der Waals surface area contributed by atoms with E-state index in [0.717, 1.165) is 32.2 Å². The normalized spacial score (nSPS) is 28.9. The maximum atomic E-state index is 12.6. The lowest BCUT2D eigenvalue weighted by molar-refractivity contribution is -0.132. The zero-order chi connectivity index (χ0) is 14.9. The Labute approximate surface area is 124 Å². The quantitative estimate of drug-likeness (QED) is 0.856. The highest BCUT2D eigenvalue weighted by Gasteiger charge is 2.50. The molecule has 2 heterocycles. The van der Waals surface area contributed by atoms with Crippen LogP contribution in [-0.2, 0) is 14.8 Å². The first-order valence-electron chi connectivity index (χ1n) is 7.23. The van der Waals surface area contributed by atoms with E-state index in [1.165, 1.54) is 24.5 Å². The summed E-state index contributed by atoms with van der Waals surface area (Å²) in [7, 11) is -3.84. The number of hydrogen-bond donors (Lipinski definition) is 2. The van der Waals surface area contributed by atoms with Crippen LogP contribution in [-0.4, -0.2) is 32.4 Å². The van der Waals surface area contributed by atoms with E-state index >= 15 is 0 Å². The van der Waals surface area contributed by atoms with E-state index in [0.29, 0.717) is 6.54 Å². The van der Waals surface area contributed by atoms with Crippen LogP contribution in [0.4, 0.5) is 0 Å². The summed E-state index contributed by atoms with van der Waals surface area (Å²) in [5, 5.41) is 3.24. The Morgan fingerprint density at radius 3 is 3.05 bits per heavy atom. The third-order valence-electron chi connectivity index (χ3n) is 4.66. The first kappa shape index (κ1) is 14.5. The molecule has 6 nitrogen and oxygen atoms in total. The summed E-state index contributed by atoms with van der Waals surface area (Å²) in [6.45, 7) is 1.35. The Morgan fingerprint density at radius 1 is 1.43 bits per heavy atom. The minimum absolute atomic E-state index is 0.0214. The highest BCUT2D eigenvalue weighted by Crippen LogP contribution is 2.44. The number of nitrogens with zero attached hydrogens (tertiary/aromatic N) is 1. The summed E-state index contributed by atoms with van der Waals surface area (Å²) >= 11 is 0. The van der Waals surface area contributed by atoms with Crippen molar-refractivity contribution in [2.24, 2.45) is 11.3 Å². The third-order valence-corrected chi connectivity index (χ3v) is 5.98. The molecule has 1 saturated heterocycles. The first-order chi connectivity index (χ1) is 10.0. The lowest BCUT2D eigenvalue weighted by Crippen LogP contribution is -2.49. The second-order valence-electron chi connectivity index (χ2n) is 5.85. The van der Waals surface area contributed by atoms with Gasteiger partial charge >= 0.3 is 0 Å². The predicted molar refractivity (Wildman–Crippen MR) is 76.8 cm³/mol. The Bertz CT molecular complexity index is 632. The Kier molecular flexibility index (Phi) is 3.71. The fraction of sp³-hybridized carbons (Fsp3) is 0.571. The first-order valence-corrected chi connectivity index (χ1v) is 8.71. The molecule has 114 valence electrons. The smallest absolute Gasteiger partial charge is 0.265 e. The molecule has 21 heavy (non-hydrogen) atoms. The van der Waals surface area contributed by atoms with Crippen molar-refractivity contribution >= 4 is 15.9 Å². The molecule has 0 bridgehead atoms. The standard InChI is InChI=1S/C14H19N3O3S/c18-13(14-6-2-1-4-11(14)8-16-10-14)17-21(19,20)12-5-3-7-15-9-12/h3,5,7,9,11,16H,1-2,4,6,8,10H2,(H,17,18)/t11-,14-/m1/s1. The average Bonchev–Trinajstić information content (AvgIpc) is 2.93. The number of rotatable bonds is 3. The third kappa shape index (κ3) is 2.55. The molecule has 3 rings (SSSR count). The van der Waals surface area contributed by atoms with Gasteiger partial charge in [0.2, 0.25) is 5.91 Å². The number of fused-ring (bicyclic) bond motifs is 1. The number of carbonyl (C=O) groups excluding carboxylic acids is 1. The molecule has 1 amide bonds. The molecule has 0 radical (unpaired) electrons. The van der Waals surface area contributed by atoms with Crippen LogP contribution in [0, 0.1) is 11.3 Å². The maximum absolute atomic E-state index is 12.6. The van der Waals surface area contributed by atoms with E-state index in [1.54, 1.807) is 0 Å². The van der Waals surface area contributed by atoms with Crippen molar-refractivity contribution in [2.45, 2.75) is 30.6 Å². The largest absolute Gasteiger partial charge is 0.315 e. The van der Waals surface area contributed by atoms with Gasteiger partial charge in [-0.05, 0) is 37.4 Å². The number of aromatic nitrogens is 1. The molecule has 0 aromatic carbocycles. The van der Waals surface area contributed by atoms with Crippen LogP contribution < -0.4 is 10.0 Å². The van der Waals surface area contributed by atoms with Gasteiger partial charge in [-0.25, -0.2) is 13.1 Å². The lowest BCUT2D eigenvalue weighted by Gasteiger charge is -2.36. The van der Waals surface area contributed by atoms with Crippen molar-refractivity contribution < 1.29 is 13.2 Å². The lowest BCUT2D eigenvalue weighted by atomic mass is 9.68. The summed E-state index contributed by atoms with van der Waals surface area (Å²) in [6.07, 6.45) is 6.55. The second kappa shape index (κ2) is 5.38. The van der Waals surface area contributed by atoms with Crippen molar-refractivity contribution in [3.05, 3.63) is 24.5 Å². The summed E-state index contributed by atoms with van der Waals surface area (Å²) in [5.74, 6) is -0.142. The van der Waals surface area contributed by atoms with Gasteiger partial charge < -0.3 is 5.32 Å². The molecule has 1 aromatic rings. The summed E-state index contributed by atoms with van der Waals surface area (Å²) in [5.41, 5.74) is -0.576. The molecular weight excluding hydrogens is 290 g/mol. The van der Waals surface area contributed by atoms with E-state index in [4.69, 9.17) is 0 Å². The molecular formula is C14H19N3O3S. The van der Waals surface area contributed by atoms with Gasteiger partial charge in [-0.1, -0.05) is 12.8 Å². The molecule has 2 atom stereocenters. The SMILES string of the molecule is O=C(NS(=O)(=O)c1cccnc1)[C@@]12CCCC[C@@H]1CNC2. The molecule has 1 aliphatic heterocycles. The van der Waals surface area contributed by atoms with Crippen LogP contribution >= 0.6 is 0 Å². The zero-order valence-corrected chi connectivity index (χ0v) is 12.5. The summed E-state index contributed by atoms with van der Waals surface area (Å²) in [6, 6.07) is 2.98. The van der Waals surface area contributed by atoms with Gasteiger partial charge in [0.15, 0.2) is 0 Å². The van der Waals surface area contributed by atoms with Crippen LogP contribution in [0.2, 0.25) is 0 Å². The van der Waals surface area contributed by atoms with E-state index in [2.05, 4.69) is 15.0 Å². The van der Waals surface area contributed by atoms with Crippen molar-refractivity contribution in [3.8, 4) is 0 Å². The van der Waals surface area contributed by atoms with Gasteiger partial charge in [0, 0.05) is 18.9 Å². The topological polar surface area (TPSA) is 88.2 Å². The molecule has 2 fully saturated rings. The van der Waals surface area contributed by atoms with Gasteiger partial charge in [0.05, 0.1) is 5.41 Å². The second-order valence-corrected chi connectivity index (χ2v) is 7.54. The van der Waals surface area contributed by atoms with Gasteiger partial charge in [-0.3, -0.25) is 9.78 Å². The maximum Gasteiger partial charge on any atom is 0.265 e. The Hall–Kier alpha value is -1.47. The highest BCUT2D eigenvalue weighted by molar-refractivity contribution is 7.90. The number of pyridine rings is 1. The number of carbonyl (C=O) groups is 1. The predicted octanol–water partition coefficient (Wildman–Crippen LogP) is 0.666. The Balaban J connectivity index is 1.83. The van der Waals surface area contributed by atoms with Crippen LogP contribution in [0.5, 0.6) is 0 Å². The van der Waals surface area contributed by atoms with Crippen LogP contribution in [0.25, 0.3) is 0 Å². The summed E-state index contributed by atoms with van der Waals surface area (Å²) in [4.78, 5) is 16.5. The van der Waals surface area contributed by atoms with Gasteiger partial charge in [-0.2, -0.15) is 0 Å². The number of amides is 1. The molecule has 1 aromatic heterocycles. The molecule has 2 N–H and O–H groups in total. The molecule has 1 saturated carbocycles. The molecule has 7 heteroatoms. The molecule has 2 aliphatic rings. The number of sulfonamides is 1. The van der Waals surface area contributed by atoms with Crippen molar-refractivity contribution in [1.29, 1.82) is 0 Å². The summed E-state index contributed by atoms with van der Waals surface area (Å²) < 4.78 is 26.8. The fourth-order valence-corrected chi connectivity index (χ4v) is 4.50. The average molecular weight is 309 g/mol. The molecule has 0 unspecified atom stereocenters. The molecule has 1 aliphatic carbocycles. The van der Waals surface area contributed by atoms with E-state index in [1.807, 2.05) is 0 Å². The molecule has 0 spiro atoms. The zero-order valence-electron chi connectivity index (χ0n) is 11.7. The van der Waals surface area contributed by atoms with Crippen molar-refractivity contribution in [2.75, 3.05) is 13.1 Å². The van der Waals surface area contributed by atoms with E-state index in [9.17, 15) is 13.2 Å². The van der Waals surface area contributed by atoms with Crippen LogP contribution in [0.1, 0.15) is 25.7 Å². The van der Waals surface area contributed by atoms with Crippen molar-refractivity contribution in [3.63, 3.8) is 0 Å². The number of hydrogen-bond acceptors (Lipinski definition) is 5. The monoisotopic (exact) mass is 309 g/mol. The van der Waals surface area contributed by atoms with E-state index in [-0.39, 0.29) is 16.7 Å². The van der Waals surface area contributed by atoms with Crippen LogP contribution in [0.15, 0.2) is 29.4 Å². The fourth-order valence-electron chi connectivity index (χ4n) is 3.48. The highest BCUT2D eigenvalue weighted by atomic mass is 32.2. The van der Waals surface area contributed by atoms with Gasteiger partial charge in [-0.15, -0.1) is 0 Å². The van der Waals surface area contributed by atoms with Crippen molar-refractivity contribution in [1.82, 2.24) is 15.0 Å². The minimum Gasteiger partial charge on any atom is -0.315 e. The Morgan fingerprint density at radius 2 is 2.29 bits per heavy atom. The minimum atomic E-state index is -3.84. The van der Waals surface area contributed by atoms with E-state index < -0.39 is 15.4 Å². The van der Waals surface area contributed by atoms with Gasteiger partial charge in [0.1, 0.15) is 4.90 Å². The number of nitrogens with one attached hydrogen (secondary N) is 2. The van der Waals surface area contributed by atoms with Gasteiger partial charge in [0.25, 0.3) is 10.0 Å². The van der Waals surface area contributed by atoms with Crippen LogP contribution in [0.3, 0.4) is 0 Å².